The van der Waals surface area contributed by atoms with Crippen LogP contribution in [0.25, 0.3) is 10.1 Å². The molecule has 8 heteroatoms. The number of thiophene rings is 1. The highest BCUT2D eigenvalue weighted by Crippen LogP contribution is 2.35. The van der Waals surface area contributed by atoms with Crippen molar-refractivity contribution >= 4 is 60.5 Å². The van der Waals surface area contributed by atoms with Gasteiger partial charge in [0.25, 0.3) is 5.91 Å². The molecule has 0 saturated heterocycles. The summed E-state index contributed by atoms with van der Waals surface area (Å²) in [6.07, 6.45) is 0. The Morgan fingerprint density at radius 2 is 1.96 bits per heavy atom. The minimum Gasteiger partial charge on any atom is -0.380 e. The SMILES string of the molecule is COCc1c(C(=O)Nc2cc(Br)ccc2NC(C)=O)sc2cccc(F)c12. The molecule has 27 heavy (non-hydrogen) atoms. The predicted molar refractivity (Wildman–Crippen MR) is 109 cm³/mol. The fourth-order valence-corrected chi connectivity index (χ4v) is 4.21. The van der Waals surface area contributed by atoms with E-state index in [0.29, 0.717) is 31.9 Å². The second-order valence-corrected chi connectivity index (χ2v) is 7.75. The highest BCUT2D eigenvalue weighted by Gasteiger charge is 2.21. The molecule has 0 aliphatic heterocycles. The molecule has 0 saturated carbocycles. The minimum atomic E-state index is -0.396. The highest BCUT2D eigenvalue weighted by molar-refractivity contribution is 9.10. The van der Waals surface area contributed by atoms with Gasteiger partial charge in [-0.2, -0.15) is 0 Å². The highest BCUT2D eigenvalue weighted by atomic mass is 79.9. The first-order valence-electron chi connectivity index (χ1n) is 7.98. The average Bonchev–Trinajstić information content (AvgIpc) is 2.97. The number of carbonyl (C=O) groups is 2. The zero-order valence-corrected chi connectivity index (χ0v) is 17.0. The van der Waals surface area contributed by atoms with Crippen LogP contribution >= 0.6 is 27.3 Å². The number of anilines is 2. The zero-order valence-electron chi connectivity index (χ0n) is 14.6. The number of hydrogen-bond acceptors (Lipinski definition) is 4. The van der Waals surface area contributed by atoms with Gasteiger partial charge in [-0.25, -0.2) is 4.39 Å². The van der Waals surface area contributed by atoms with Crippen LogP contribution in [0.5, 0.6) is 0 Å². The molecule has 0 unspecified atom stereocenters. The van der Waals surface area contributed by atoms with Crippen molar-refractivity contribution in [3.63, 3.8) is 0 Å². The van der Waals surface area contributed by atoms with Crippen LogP contribution < -0.4 is 10.6 Å². The van der Waals surface area contributed by atoms with Gasteiger partial charge in [-0.05, 0) is 30.3 Å². The molecule has 1 heterocycles. The lowest BCUT2D eigenvalue weighted by Crippen LogP contribution is -2.15. The van der Waals surface area contributed by atoms with Gasteiger partial charge >= 0.3 is 0 Å². The standard InChI is InChI=1S/C19H16BrFN2O3S/c1-10(24)22-14-7-6-11(20)8-15(14)23-19(25)18-12(9-26-2)17-13(21)4-3-5-16(17)27-18/h3-8H,9H2,1-2H3,(H,22,24)(H,23,25). The van der Waals surface area contributed by atoms with Gasteiger partial charge < -0.3 is 15.4 Å². The number of benzene rings is 2. The van der Waals surface area contributed by atoms with Gasteiger partial charge in [0, 0.05) is 34.2 Å². The molecule has 0 bridgehead atoms. The third-order valence-corrected chi connectivity index (χ3v) is 5.49. The molecule has 1 aromatic heterocycles. The van der Waals surface area contributed by atoms with Crippen molar-refractivity contribution in [1.82, 2.24) is 0 Å². The van der Waals surface area contributed by atoms with Gasteiger partial charge in [0.05, 0.1) is 22.9 Å². The molecule has 2 amide bonds. The zero-order chi connectivity index (χ0) is 19.6. The van der Waals surface area contributed by atoms with Crippen LogP contribution in [0.1, 0.15) is 22.2 Å². The normalized spacial score (nSPS) is 10.8. The third kappa shape index (κ3) is 4.18. The Kier molecular flexibility index (Phi) is 5.88. The summed E-state index contributed by atoms with van der Waals surface area (Å²) in [5, 5.41) is 5.87. The molecular formula is C19H16BrFN2O3S. The van der Waals surface area contributed by atoms with E-state index in [1.54, 1.807) is 30.3 Å². The molecule has 3 rings (SSSR count). The van der Waals surface area contributed by atoms with E-state index in [-0.39, 0.29) is 12.5 Å². The topological polar surface area (TPSA) is 67.4 Å². The van der Waals surface area contributed by atoms with E-state index in [4.69, 9.17) is 4.74 Å². The van der Waals surface area contributed by atoms with Crippen LogP contribution in [0.3, 0.4) is 0 Å². The maximum Gasteiger partial charge on any atom is 0.266 e. The predicted octanol–water partition coefficient (Wildman–Crippen LogP) is 5.16. The number of amides is 2. The Balaban J connectivity index is 2.02. The second kappa shape index (κ2) is 8.16. The van der Waals surface area contributed by atoms with Crippen molar-refractivity contribution in [2.24, 2.45) is 0 Å². The third-order valence-electron chi connectivity index (χ3n) is 3.80. The Labute approximate surface area is 167 Å². The van der Waals surface area contributed by atoms with Crippen molar-refractivity contribution in [2.45, 2.75) is 13.5 Å². The molecule has 0 atom stereocenters. The van der Waals surface area contributed by atoms with Crippen LogP contribution in [0.15, 0.2) is 40.9 Å². The van der Waals surface area contributed by atoms with E-state index in [9.17, 15) is 14.0 Å². The van der Waals surface area contributed by atoms with E-state index in [1.807, 2.05) is 0 Å². The molecule has 3 aromatic rings. The van der Waals surface area contributed by atoms with Crippen molar-refractivity contribution in [1.29, 1.82) is 0 Å². The number of rotatable bonds is 5. The number of carbonyl (C=O) groups excluding carboxylic acids is 2. The second-order valence-electron chi connectivity index (χ2n) is 5.78. The number of methoxy groups -OCH3 is 1. The van der Waals surface area contributed by atoms with Crippen LogP contribution in [0, 0.1) is 5.82 Å². The summed E-state index contributed by atoms with van der Waals surface area (Å²) in [5.41, 5.74) is 1.41. The van der Waals surface area contributed by atoms with E-state index >= 15 is 0 Å². The number of nitrogens with one attached hydrogen (secondary N) is 2. The number of hydrogen-bond donors (Lipinski definition) is 2. The molecule has 2 aromatic carbocycles. The molecule has 2 N–H and O–H groups in total. The van der Waals surface area contributed by atoms with E-state index in [1.165, 1.54) is 31.4 Å². The van der Waals surface area contributed by atoms with Crippen LogP contribution in [-0.4, -0.2) is 18.9 Å². The van der Waals surface area contributed by atoms with Gasteiger partial charge in [-0.15, -0.1) is 11.3 Å². The Morgan fingerprint density at radius 3 is 2.67 bits per heavy atom. The number of halogens is 2. The number of ether oxygens (including phenoxy) is 1. The van der Waals surface area contributed by atoms with Crippen molar-refractivity contribution < 1.29 is 18.7 Å². The van der Waals surface area contributed by atoms with E-state index in [2.05, 4.69) is 26.6 Å². The van der Waals surface area contributed by atoms with Crippen molar-refractivity contribution in [3.8, 4) is 0 Å². The molecule has 0 aliphatic rings. The fraction of sp³-hybridized carbons (Fsp3) is 0.158. The average molecular weight is 451 g/mol. The molecule has 0 fully saturated rings. The van der Waals surface area contributed by atoms with Gasteiger partial charge in [-0.1, -0.05) is 22.0 Å². The summed E-state index contributed by atoms with van der Waals surface area (Å²) in [6, 6.07) is 9.86. The Hall–Kier alpha value is -2.29. The maximum atomic E-state index is 14.3. The van der Waals surface area contributed by atoms with Crippen LogP contribution in [0.4, 0.5) is 15.8 Å². The summed E-state index contributed by atoms with van der Waals surface area (Å²) in [6.45, 7) is 1.50. The summed E-state index contributed by atoms with van der Waals surface area (Å²) in [5.74, 6) is -1.04. The lowest BCUT2D eigenvalue weighted by molar-refractivity contribution is -0.114. The minimum absolute atomic E-state index is 0.112. The Morgan fingerprint density at radius 1 is 1.19 bits per heavy atom. The van der Waals surface area contributed by atoms with Gasteiger partial charge in [0.1, 0.15) is 5.82 Å². The lowest BCUT2D eigenvalue weighted by atomic mass is 10.1. The molecule has 0 radical (unpaired) electrons. The van der Waals surface area contributed by atoms with E-state index < -0.39 is 11.7 Å². The maximum absolute atomic E-state index is 14.3. The quantitative estimate of drug-likeness (QED) is 0.563. The molecule has 0 aliphatic carbocycles. The van der Waals surface area contributed by atoms with Crippen molar-refractivity contribution in [3.05, 3.63) is 57.1 Å². The van der Waals surface area contributed by atoms with Gasteiger partial charge in [-0.3, -0.25) is 9.59 Å². The van der Waals surface area contributed by atoms with Gasteiger partial charge in [0.2, 0.25) is 5.91 Å². The first-order chi connectivity index (χ1) is 12.9. The first kappa shape index (κ1) is 19.5. The summed E-state index contributed by atoms with van der Waals surface area (Å²) in [7, 11) is 1.50. The summed E-state index contributed by atoms with van der Waals surface area (Å²) < 4.78 is 20.9. The summed E-state index contributed by atoms with van der Waals surface area (Å²) in [4.78, 5) is 24.7. The first-order valence-corrected chi connectivity index (χ1v) is 9.59. The van der Waals surface area contributed by atoms with Gasteiger partial charge in [0.15, 0.2) is 0 Å². The van der Waals surface area contributed by atoms with Crippen LogP contribution in [0.2, 0.25) is 0 Å². The smallest absolute Gasteiger partial charge is 0.266 e. The Bertz CT molecular complexity index is 1040. The largest absolute Gasteiger partial charge is 0.380 e. The van der Waals surface area contributed by atoms with Crippen molar-refractivity contribution in [2.75, 3.05) is 17.7 Å². The fourth-order valence-electron chi connectivity index (χ4n) is 2.73. The molecule has 140 valence electrons. The van der Waals surface area contributed by atoms with Crippen LogP contribution in [-0.2, 0) is 16.1 Å². The number of fused-ring (bicyclic) bond motifs is 1. The molecule has 0 spiro atoms. The monoisotopic (exact) mass is 450 g/mol. The van der Waals surface area contributed by atoms with E-state index in [0.717, 1.165) is 4.47 Å². The molecular weight excluding hydrogens is 435 g/mol. The molecule has 5 nitrogen and oxygen atoms in total. The summed E-state index contributed by atoms with van der Waals surface area (Å²) >= 11 is 4.55. The lowest BCUT2D eigenvalue weighted by Gasteiger charge is -2.12.